The van der Waals surface area contributed by atoms with Gasteiger partial charge in [0.2, 0.25) is 5.91 Å². The normalized spacial score (nSPS) is 12.8. The van der Waals surface area contributed by atoms with E-state index in [9.17, 15) is 22.8 Å². The van der Waals surface area contributed by atoms with Crippen molar-refractivity contribution >= 4 is 17.6 Å². The molecular weight excluding hydrogens is 299 g/mol. The maximum Gasteiger partial charge on any atom is 0.416 e. The van der Waals surface area contributed by atoms with E-state index in [4.69, 9.17) is 5.73 Å². The number of nitrogens with one attached hydrogen (secondary N) is 2. The van der Waals surface area contributed by atoms with Crippen molar-refractivity contribution in [3.8, 4) is 0 Å². The average Bonchev–Trinajstić information content (AvgIpc) is 2.36. The van der Waals surface area contributed by atoms with E-state index in [1.54, 1.807) is 0 Å². The maximum atomic E-state index is 12.4. The third-order valence-electron chi connectivity index (χ3n) is 2.83. The Hall–Kier alpha value is -2.25. The van der Waals surface area contributed by atoms with Crippen LogP contribution < -0.4 is 16.4 Å². The number of hydrogen-bond acceptors (Lipinski definition) is 2. The quantitative estimate of drug-likeness (QED) is 0.780. The van der Waals surface area contributed by atoms with E-state index in [1.165, 1.54) is 0 Å². The average molecular weight is 317 g/mol. The van der Waals surface area contributed by atoms with Crippen molar-refractivity contribution in [2.75, 3.05) is 5.32 Å². The summed E-state index contributed by atoms with van der Waals surface area (Å²) >= 11 is 0. The molecule has 0 saturated heterocycles. The minimum absolute atomic E-state index is 0.142. The summed E-state index contributed by atoms with van der Waals surface area (Å²) in [6.45, 7) is 3.73. The predicted octanol–water partition coefficient (Wildman–Crippen LogP) is 2.73. The SMILES string of the molecule is CC(C)C[C@H](NC(=O)Nc1ccc(C(F)(F)F)cc1)C(N)=O. The van der Waals surface area contributed by atoms with Crippen LogP contribution in [0.4, 0.5) is 23.7 Å². The second-order valence-electron chi connectivity index (χ2n) is 5.26. The van der Waals surface area contributed by atoms with Crippen molar-refractivity contribution in [1.29, 1.82) is 0 Å². The Morgan fingerprint density at radius 3 is 2.14 bits per heavy atom. The lowest BCUT2D eigenvalue weighted by Gasteiger charge is -2.18. The van der Waals surface area contributed by atoms with Crippen molar-refractivity contribution in [3.63, 3.8) is 0 Å². The molecule has 0 aliphatic rings. The summed E-state index contributed by atoms with van der Waals surface area (Å²) in [7, 11) is 0. The number of nitrogens with two attached hydrogens (primary N) is 1. The Morgan fingerprint density at radius 2 is 1.73 bits per heavy atom. The third kappa shape index (κ3) is 5.63. The van der Waals surface area contributed by atoms with Gasteiger partial charge in [0.15, 0.2) is 0 Å². The summed E-state index contributed by atoms with van der Waals surface area (Å²) in [5.74, 6) is -0.528. The van der Waals surface area contributed by atoms with Gasteiger partial charge in [-0.15, -0.1) is 0 Å². The van der Waals surface area contributed by atoms with Crippen LogP contribution in [0.5, 0.6) is 0 Å². The first-order chi connectivity index (χ1) is 10.1. The number of carbonyl (C=O) groups excluding carboxylic acids is 2. The standard InChI is InChI=1S/C14H18F3N3O2/c1-8(2)7-11(12(18)21)20-13(22)19-10-5-3-9(4-6-10)14(15,16)17/h3-6,8,11H,7H2,1-2H3,(H2,18,21)(H2,19,20,22)/t11-/m0/s1. The molecule has 4 N–H and O–H groups in total. The molecule has 0 radical (unpaired) electrons. The van der Waals surface area contributed by atoms with Crippen LogP contribution in [0.3, 0.4) is 0 Å². The lowest BCUT2D eigenvalue weighted by Crippen LogP contribution is -2.46. The molecule has 0 heterocycles. The summed E-state index contributed by atoms with van der Waals surface area (Å²) in [6.07, 6.45) is -4.06. The number of urea groups is 1. The van der Waals surface area contributed by atoms with Crippen molar-refractivity contribution < 1.29 is 22.8 Å². The Morgan fingerprint density at radius 1 is 1.18 bits per heavy atom. The number of carbonyl (C=O) groups is 2. The zero-order valence-corrected chi connectivity index (χ0v) is 12.2. The van der Waals surface area contributed by atoms with Gasteiger partial charge in [-0.3, -0.25) is 4.79 Å². The molecule has 8 heteroatoms. The molecule has 1 aromatic rings. The molecular formula is C14H18F3N3O2. The van der Waals surface area contributed by atoms with E-state index in [0.717, 1.165) is 24.3 Å². The molecule has 3 amide bonds. The van der Waals surface area contributed by atoms with E-state index < -0.39 is 29.7 Å². The van der Waals surface area contributed by atoms with Gasteiger partial charge < -0.3 is 16.4 Å². The van der Waals surface area contributed by atoms with Crippen LogP contribution in [0.1, 0.15) is 25.8 Å². The highest BCUT2D eigenvalue weighted by Gasteiger charge is 2.30. The minimum atomic E-state index is -4.44. The van der Waals surface area contributed by atoms with Crippen LogP contribution in [0, 0.1) is 5.92 Å². The number of amides is 3. The van der Waals surface area contributed by atoms with Crippen LogP contribution in [-0.2, 0) is 11.0 Å². The molecule has 0 saturated carbocycles. The molecule has 0 bridgehead atoms. The Kier molecular flexibility index (Phi) is 5.78. The van der Waals surface area contributed by atoms with Gasteiger partial charge in [-0.05, 0) is 36.6 Å². The molecule has 0 spiro atoms. The summed E-state index contributed by atoms with van der Waals surface area (Å²) in [5, 5.41) is 4.75. The fourth-order valence-electron chi connectivity index (χ4n) is 1.79. The van der Waals surface area contributed by atoms with E-state index in [1.807, 2.05) is 13.8 Å². The fraction of sp³-hybridized carbons (Fsp3) is 0.429. The number of primary amides is 1. The van der Waals surface area contributed by atoms with E-state index in [2.05, 4.69) is 10.6 Å². The third-order valence-corrected chi connectivity index (χ3v) is 2.83. The molecule has 1 rings (SSSR count). The van der Waals surface area contributed by atoms with Gasteiger partial charge in [-0.1, -0.05) is 13.8 Å². The van der Waals surface area contributed by atoms with Gasteiger partial charge in [0, 0.05) is 5.69 Å². The second kappa shape index (κ2) is 7.15. The monoisotopic (exact) mass is 317 g/mol. The van der Waals surface area contributed by atoms with E-state index in [-0.39, 0.29) is 11.6 Å². The van der Waals surface area contributed by atoms with Crippen LogP contribution in [0.25, 0.3) is 0 Å². The largest absolute Gasteiger partial charge is 0.416 e. The first-order valence-electron chi connectivity index (χ1n) is 6.63. The summed E-state index contributed by atoms with van der Waals surface area (Å²) < 4.78 is 37.2. The van der Waals surface area contributed by atoms with Gasteiger partial charge in [0.05, 0.1) is 5.56 Å². The van der Waals surface area contributed by atoms with Crippen LogP contribution in [-0.4, -0.2) is 18.0 Å². The number of alkyl halides is 3. The molecule has 122 valence electrons. The lowest BCUT2D eigenvalue weighted by atomic mass is 10.0. The van der Waals surface area contributed by atoms with Gasteiger partial charge in [0.1, 0.15) is 6.04 Å². The molecule has 22 heavy (non-hydrogen) atoms. The lowest BCUT2D eigenvalue weighted by molar-refractivity contribution is -0.137. The zero-order valence-electron chi connectivity index (χ0n) is 12.2. The molecule has 5 nitrogen and oxygen atoms in total. The molecule has 1 atom stereocenters. The second-order valence-corrected chi connectivity index (χ2v) is 5.26. The fourth-order valence-corrected chi connectivity index (χ4v) is 1.79. The number of halogens is 3. The van der Waals surface area contributed by atoms with Gasteiger partial charge in [0.25, 0.3) is 0 Å². The molecule has 0 aliphatic heterocycles. The van der Waals surface area contributed by atoms with Gasteiger partial charge in [-0.25, -0.2) is 4.79 Å². The maximum absolute atomic E-state index is 12.4. The first kappa shape index (κ1) is 17.8. The highest BCUT2D eigenvalue weighted by Crippen LogP contribution is 2.29. The smallest absolute Gasteiger partial charge is 0.368 e. The number of anilines is 1. The van der Waals surface area contributed by atoms with Gasteiger partial charge in [-0.2, -0.15) is 13.2 Å². The Bertz CT molecular complexity index is 527. The van der Waals surface area contributed by atoms with Crippen molar-refractivity contribution in [3.05, 3.63) is 29.8 Å². The van der Waals surface area contributed by atoms with Crippen molar-refractivity contribution in [2.45, 2.75) is 32.5 Å². The molecule has 0 aromatic heterocycles. The molecule has 1 aromatic carbocycles. The number of rotatable bonds is 5. The summed E-state index contributed by atoms with van der Waals surface area (Å²) in [5.41, 5.74) is 4.56. The summed E-state index contributed by atoms with van der Waals surface area (Å²) in [6, 6.07) is 2.43. The highest BCUT2D eigenvalue weighted by atomic mass is 19.4. The Labute approximate surface area is 126 Å². The predicted molar refractivity (Wildman–Crippen MR) is 76.0 cm³/mol. The van der Waals surface area contributed by atoms with Crippen LogP contribution >= 0.6 is 0 Å². The topological polar surface area (TPSA) is 84.2 Å². The van der Waals surface area contributed by atoms with Crippen molar-refractivity contribution in [1.82, 2.24) is 5.32 Å². The highest BCUT2D eigenvalue weighted by molar-refractivity contribution is 5.93. The number of benzene rings is 1. The first-order valence-corrected chi connectivity index (χ1v) is 6.63. The molecule has 0 unspecified atom stereocenters. The van der Waals surface area contributed by atoms with Gasteiger partial charge >= 0.3 is 12.2 Å². The summed E-state index contributed by atoms with van der Waals surface area (Å²) in [4.78, 5) is 23.0. The molecule has 0 aliphatic carbocycles. The number of hydrogen-bond donors (Lipinski definition) is 3. The zero-order chi connectivity index (χ0) is 16.9. The van der Waals surface area contributed by atoms with Crippen LogP contribution in [0.15, 0.2) is 24.3 Å². The van der Waals surface area contributed by atoms with Crippen LogP contribution in [0.2, 0.25) is 0 Å². The minimum Gasteiger partial charge on any atom is -0.368 e. The van der Waals surface area contributed by atoms with Crippen molar-refractivity contribution in [2.24, 2.45) is 11.7 Å². The van der Waals surface area contributed by atoms with E-state index in [0.29, 0.717) is 6.42 Å². The van der Waals surface area contributed by atoms with E-state index >= 15 is 0 Å². The molecule has 0 fully saturated rings. The Balaban J connectivity index is 2.66.